The largest absolute Gasteiger partial charge is 0.378 e. The third kappa shape index (κ3) is 2.51. The van der Waals surface area contributed by atoms with Gasteiger partial charge >= 0.3 is 0 Å². The van der Waals surface area contributed by atoms with Crippen LogP contribution in [0, 0.1) is 11.3 Å². The lowest BCUT2D eigenvalue weighted by Gasteiger charge is -2.12. The summed E-state index contributed by atoms with van der Waals surface area (Å²) in [5.41, 5.74) is 1.38. The zero-order valence-corrected chi connectivity index (χ0v) is 8.67. The molecule has 0 saturated carbocycles. The molecule has 14 heavy (non-hydrogen) atoms. The van der Waals surface area contributed by atoms with Crippen molar-refractivity contribution in [1.29, 1.82) is 5.26 Å². The molecule has 0 amide bonds. The molecule has 1 atom stereocenters. The molecule has 1 aromatic carbocycles. The van der Waals surface area contributed by atoms with Gasteiger partial charge in [0.1, 0.15) is 0 Å². The molecule has 1 aromatic rings. The molecule has 2 nitrogen and oxygen atoms in total. The lowest BCUT2D eigenvalue weighted by Crippen LogP contribution is -2.11. The first kappa shape index (κ1) is 10.6. The van der Waals surface area contributed by atoms with Crippen molar-refractivity contribution in [2.24, 2.45) is 0 Å². The van der Waals surface area contributed by atoms with E-state index in [2.05, 4.69) is 11.9 Å². The molecule has 3 heteroatoms. The number of nitrogens with one attached hydrogen (secondary N) is 1. The first-order valence-corrected chi connectivity index (χ1v) is 4.64. The summed E-state index contributed by atoms with van der Waals surface area (Å²) < 4.78 is 0. The van der Waals surface area contributed by atoms with Crippen molar-refractivity contribution in [2.75, 3.05) is 5.32 Å². The highest BCUT2D eigenvalue weighted by Gasteiger charge is 2.02. The van der Waals surface area contributed by atoms with Crippen molar-refractivity contribution in [3.8, 4) is 6.07 Å². The molecule has 0 aliphatic carbocycles. The Kier molecular flexibility index (Phi) is 3.55. The van der Waals surface area contributed by atoms with Crippen molar-refractivity contribution >= 4 is 17.3 Å². The van der Waals surface area contributed by atoms with Gasteiger partial charge in [0, 0.05) is 6.04 Å². The van der Waals surface area contributed by atoms with Crippen LogP contribution >= 0.6 is 11.6 Å². The highest BCUT2D eigenvalue weighted by molar-refractivity contribution is 6.33. The van der Waals surface area contributed by atoms with Crippen LogP contribution < -0.4 is 5.32 Å². The Bertz CT molecular complexity index is 379. The average molecular weight is 207 g/mol. The Morgan fingerprint density at radius 1 is 1.64 bits per heavy atom. The molecule has 72 valence electrons. The maximum absolute atomic E-state index is 8.64. The predicted molar refractivity (Wildman–Crippen MR) is 59.4 cm³/mol. The zero-order chi connectivity index (χ0) is 10.6. The van der Waals surface area contributed by atoms with Gasteiger partial charge in [0.15, 0.2) is 0 Å². The van der Waals surface area contributed by atoms with Crippen LogP contribution in [0.2, 0.25) is 5.02 Å². The number of rotatable bonds is 3. The van der Waals surface area contributed by atoms with Crippen molar-refractivity contribution in [1.82, 2.24) is 0 Å². The molecule has 1 rings (SSSR count). The standard InChI is InChI=1S/C11H11ClN2/c1-3-8(2)14-11-5-4-9(7-13)6-10(11)12/h3-6,8,14H,1H2,2H3. The van der Waals surface area contributed by atoms with Crippen molar-refractivity contribution in [2.45, 2.75) is 13.0 Å². The molecule has 0 heterocycles. The fraction of sp³-hybridized carbons (Fsp3) is 0.182. The van der Waals surface area contributed by atoms with E-state index in [1.807, 2.05) is 13.0 Å². The van der Waals surface area contributed by atoms with Crippen LogP contribution in [-0.4, -0.2) is 6.04 Å². The topological polar surface area (TPSA) is 35.8 Å². The minimum Gasteiger partial charge on any atom is -0.378 e. The van der Waals surface area contributed by atoms with Crippen molar-refractivity contribution in [3.05, 3.63) is 41.4 Å². The summed E-state index contributed by atoms with van der Waals surface area (Å²) in [6.45, 7) is 5.64. The van der Waals surface area contributed by atoms with E-state index in [9.17, 15) is 0 Å². The van der Waals surface area contributed by atoms with Crippen LogP contribution in [0.5, 0.6) is 0 Å². The van der Waals surface area contributed by atoms with Gasteiger partial charge in [-0.05, 0) is 25.1 Å². The minimum absolute atomic E-state index is 0.153. The molecule has 0 spiro atoms. The fourth-order valence-electron chi connectivity index (χ4n) is 1.01. The zero-order valence-electron chi connectivity index (χ0n) is 7.92. The Hall–Kier alpha value is -1.46. The first-order valence-electron chi connectivity index (χ1n) is 4.26. The number of nitrogens with zero attached hydrogens (tertiary/aromatic N) is 1. The van der Waals surface area contributed by atoms with E-state index in [4.69, 9.17) is 16.9 Å². The summed E-state index contributed by atoms with van der Waals surface area (Å²) in [6.07, 6.45) is 1.79. The molecule has 0 aliphatic rings. The lowest BCUT2D eigenvalue weighted by molar-refractivity contribution is 1.00. The van der Waals surface area contributed by atoms with Crippen LogP contribution in [0.4, 0.5) is 5.69 Å². The van der Waals surface area contributed by atoms with Crippen molar-refractivity contribution in [3.63, 3.8) is 0 Å². The van der Waals surface area contributed by atoms with Gasteiger partial charge in [-0.2, -0.15) is 5.26 Å². The van der Waals surface area contributed by atoms with Crippen LogP contribution in [-0.2, 0) is 0 Å². The third-order valence-corrected chi connectivity index (χ3v) is 2.15. The number of hydrogen-bond donors (Lipinski definition) is 1. The lowest BCUT2D eigenvalue weighted by atomic mass is 10.2. The Morgan fingerprint density at radius 3 is 2.86 bits per heavy atom. The Balaban J connectivity index is 2.90. The summed E-state index contributed by atoms with van der Waals surface area (Å²) in [7, 11) is 0. The number of anilines is 1. The van der Waals surface area contributed by atoms with Gasteiger partial charge in [0.05, 0.1) is 22.3 Å². The van der Waals surface area contributed by atoms with E-state index >= 15 is 0 Å². The second kappa shape index (κ2) is 4.69. The Morgan fingerprint density at radius 2 is 2.36 bits per heavy atom. The van der Waals surface area contributed by atoms with E-state index in [1.54, 1.807) is 24.3 Å². The summed E-state index contributed by atoms with van der Waals surface area (Å²) in [6, 6.07) is 7.34. The van der Waals surface area contributed by atoms with Gasteiger partial charge < -0.3 is 5.32 Å². The SMILES string of the molecule is C=CC(C)Nc1ccc(C#N)cc1Cl. The molecule has 0 aliphatic heterocycles. The molecule has 0 aromatic heterocycles. The molecule has 0 bridgehead atoms. The fourth-order valence-corrected chi connectivity index (χ4v) is 1.24. The quantitative estimate of drug-likeness (QED) is 0.771. The second-order valence-corrected chi connectivity index (χ2v) is 3.38. The highest BCUT2D eigenvalue weighted by Crippen LogP contribution is 2.23. The number of nitriles is 1. The van der Waals surface area contributed by atoms with Gasteiger partial charge in [0.25, 0.3) is 0 Å². The average Bonchev–Trinajstić information content (AvgIpc) is 2.20. The summed E-state index contributed by atoms with van der Waals surface area (Å²) in [5, 5.41) is 12.3. The van der Waals surface area contributed by atoms with E-state index < -0.39 is 0 Å². The van der Waals surface area contributed by atoms with E-state index in [0.29, 0.717) is 10.6 Å². The van der Waals surface area contributed by atoms with Gasteiger partial charge in [-0.3, -0.25) is 0 Å². The van der Waals surface area contributed by atoms with Gasteiger partial charge in [0.2, 0.25) is 0 Å². The molecule has 1 unspecified atom stereocenters. The monoisotopic (exact) mass is 206 g/mol. The van der Waals surface area contributed by atoms with Crippen molar-refractivity contribution < 1.29 is 0 Å². The minimum atomic E-state index is 0.153. The highest BCUT2D eigenvalue weighted by atomic mass is 35.5. The maximum Gasteiger partial charge on any atom is 0.0992 e. The second-order valence-electron chi connectivity index (χ2n) is 2.98. The van der Waals surface area contributed by atoms with Gasteiger partial charge in [-0.15, -0.1) is 6.58 Å². The summed E-state index contributed by atoms with van der Waals surface area (Å²) in [4.78, 5) is 0. The third-order valence-electron chi connectivity index (χ3n) is 1.83. The number of benzene rings is 1. The predicted octanol–water partition coefficient (Wildman–Crippen LogP) is 3.20. The molecule has 1 N–H and O–H groups in total. The smallest absolute Gasteiger partial charge is 0.0992 e. The van der Waals surface area contributed by atoms with Gasteiger partial charge in [-0.1, -0.05) is 17.7 Å². The molecule has 0 saturated heterocycles. The molecule has 0 radical (unpaired) electrons. The number of halogens is 1. The Labute approximate surface area is 88.8 Å². The number of hydrogen-bond acceptors (Lipinski definition) is 2. The molecular formula is C11H11ClN2. The molecular weight excluding hydrogens is 196 g/mol. The van der Waals surface area contributed by atoms with E-state index in [0.717, 1.165) is 5.69 Å². The molecule has 0 fully saturated rings. The first-order chi connectivity index (χ1) is 6.67. The van der Waals surface area contributed by atoms with E-state index in [1.165, 1.54) is 0 Å². The van der Waals surface area contributed by atoms with Crippen LogP contribution in [0.3, 0.4) is 0 Å². The van der Waals surface area contributed by atoms with Crippen LogP contribution in [0.1, 0.15) is 12.5 Å². The van der Waals surface area contributed by atoms with Gasteiger partial charge in [-0.25, -0.2) is 0 Å². The summed E-state index contributed by atoms with van der Waals surface area (Å²) >= 11 is 5.96. The van der Waals surface area contributed by atoms with Crippen LogP contribution in [0.25, 0.3) is 0 Å². The van der Waals surface area contributed by atoms with E-state index in [-0.39, 0.29) is 6.04 Å². The summed E-state index contributed by atoms with van der Waals surface area (Å²) in [5.74, 6) is 0. The maximum atomic E-state index is 8.64. The van der Waals surface area contributed by atoms with Crippen LogP contribution in [0.15, 0.2) is 30.9 Å². The normalized spacial score (nSPS) is 11.5.